The van der Waals surface area contributed by atoms with E-state index in [1.54, 1.807) is 6.33 Å². The van der Waals surface area contributed by atoms with Crippen LogP contribution in [-0.4, -0.2) is 45.8 Å². The van der Waals surface area contributed by atoms with E-state index >= 15 is 0 Å². The molecule has 5 atom stereocenters. The molecule has 8 heteroatoms. The molecule has 3 heterocycles. The number of anilines is 1. The molecule has 3 aliphatic rings. The predicted molar refractivity (Wildman–Crippen MR) is 116 cm³/mol. The van der Waals surface area contributed by atoms with Crippen molar-refractivity contribution in [2.24, 2.45) is 0 Å². The molecule has 29 heavy (non-hydrogen) atoms. The Morgan fingerprint density at radius 1 is 1.10 bits per heavy atom. The third-order valence-corrected chi connectivity index (χ3v) is 7.80. The zero-order valence-electron chi connectivity index (χ0n) is 16.5. The van der Waals surface area contributed by atoms with Crippen molar-refractivity contribution in [2.45, 2.75) is 67.3 Å². The van der Waals surface area contributed by atoms with Gasteiger partial charge in [-0.1, -0.05) is 30.1 Å². The van der Waals surface area contributed by atoms with Crippen LogP contribution < -0.4 is 4.90 Å². The summed E-state index contributed by atoms with van der Waals surface area (Å²) in [6.07, 6.45) is 2.51. The highest BCUT2D eigenvalue weighted by Gasteiger charge is 2.57. The van der Waals surface area contributed by atoms with Gasteiger partial charge < -0.3 is 14.4 Å². The van der Waals surface area contributed by atoms with Gasteiger partial charge in [-0.25, -0.2) is 9.97 Å². The summed E-state index contributed by atoms with van der Waals surface area (Å²) >= 11 is 14.3. The maximum absolute atomic E-state index is 6.39. The first-order chi connectivity index (χ1) is 13.8. The van der Waals surface area contributed by atoms with Crippen LogP contribution in [0.5, 0.6) is 0 Å². The van der Waals surface area contributed by atoms with Gasteiger partial charge in [-0.05, 0) is 44.5 Å². The van der Waals surface area contributed by atoms with Crippen molar-refractivity contribution in [3.8, 4) is 0 Å². The van der Waals surface area contributed by atoms with Gasteiger partial charge >= 0.3 is 0 Å². The van der Waals surface area contributed by atoms with Crippen LogP contribution in [0.3, 0.4) is 0 Å². The van der Waals surface area contributed by atoms with Gasteiger partial charge in [-0.15, -0.1) is 11.8 Å². The predicted octanol–water partition coefficient (Wildman–Crippen LogP) is 5.16. The van der Waals surface area contributed by atoms with E-state index in [9.17, 15) is 0 Å². The second kappa shape index (κ2) is 7.27. The second-order valence-electron chi connectivity index (χ2n) is 8.43. The van der Waals surface area contributed by atoms with E-state index in [4.69, 9.17) is 32.7 Å². The summed E-state index contributed by atoms with van der Waals surface area (Å²) < 4.78 is 12.7. The van der Waals surface area contributed by atoms with Crippen LogP contribution in [-0.2, 0) is 9.47 Å². The van der Waals surface area contributed by atoms with Crippen LogP contribution in [0.15, 0.2) is 35.5 Å². The SMILES string of the molecule is CC1CN([C@@H]2C[C@H](Sc3ccc(Cl)cc3)[C@H]3OC(C)(C)O[C@H]32)c2ncnc(Cl)c21. The van der Waals surface area contributed by atoms with Gasteiger partial charge in [0.15, 0.2) is 5.79 Å². The molecule has 5 nitrogen and oxygen atoms in total. The molecular weight excluding hydrogens is 429 g/mol. The Bertz CT molecular complexity index is 927. The first-order valence-electron chi connectivity index (χ1n) is 9.87. The van der Waals surface area contributed by atoms with Crippen molar-refractivity contribution in [1.29, 1.82) is 0 Å². The standard InChI is InChI=1S/C21H23Cl2N3O2S/c1-11-9-26(20-16(11)19(23)24-10-25-20)14-8-15(18-17(14)27-21(2,3)28-18)29-13-6-4-12(22)5-7-13/h4-7,10-11,14-15,17-18H,8-9H2,1-3H3/t11?,14-,15+,17+,18-/m1/s1. The number of hydrogen-bond acceptors (Lipinski definition) is 6. The number of hydrogen-bond donors (Lipinski definition) is 0. The van der Waals surface area contributed by atoms with Gasteiger partial charge in [0.1, 0.15) is 29.5 Å². The summed E-state index contributed by atoms with van der Waals surface area (Å²) in [6, 6.07) is 8.18. The number of thioether (sulfide) groups is 1. The van der Waals surface area contributed by atoms with Crippen molar-refractivity contribution >= 4 is 40.8 Å². The molecule has 1 aromatic heterocycles. The smallest absolute Gasteiger partial charge is 0.163 e. The van der Waals surface area contributed by atoms with E-state index in [1.807, 2.05) is 37.7 Å². The molecular formula is C21H23Cl2N3O2S. The highest BCUT2D eigenvalue weighted by Crippen LogP contribution is 2.49. The summed E-state index contributed by atoms with van der Waals surface area (Å²) in [7, 11) is 0. The Morgan fingerprint density at radius 3 is 2.59 bits per heavy atom. The fourth-order valence-corrected chi connectivity index (χ4v) is 6.52. The van der Waals surface area contributed by atoms with Crippen LogP contribution in [0.25, 0.3) is 0 Å². The topological polar surface area (TPSA) is 47.5 Å². The van der Waals surface area contributed by atoms with Crippen molar-refractivity contribution < 1.29 is 9.47 Å². The number of halogens is 2. The van der Waals surface area contributed by atoms with E-state index < -0.39 is 5.79 Å². The highest BCUT2D eigenvalue weighted by atomic mass is 35.5. The van der Waals surface area contributed by atoms with Gasteiger partial charge in [-0.3, -0.25) is 0 Å². The molecule has 1 unspecified atom stereocenters. The van der Waals surface area contributed by atoms with Gasteiger partial charge in [0.25, 0.3) is 0 Å². The monoisotopic (exact) mass is 451 g/mol. The minimum Gasteiger partial charge on any atom is -0.350 e. The van der Waals surface area contributed by atoms with E-state index in [1.165, 1.54) is 4.90 Å². The Morgan fingerprint density at radius 2 is 1.83 bits per heavy atom. The molecule has 5 rings (SSSR count). The second-order valence-corrected chi connectivity index (χ2v) is 10.5. The Hall–Kier alpha value is -1.05. The summed E-state index contributed by atoms with van der Waals surface area (Å²) in [4.78, 5) is 12.3. The van der Waals surface area contributed by atoms with Gasteiger partial charge in [0.05, 0.1) is 6.04 Å². The zero-order chi connectivity index (χ0) is 20.3. The van der Waals surface area contributed by atoms with Crippen LogP contribution in [0.4, 0.5) is 5.82 Å². The minimum atomic E-state index is -0.593. The molecule has 2 fully saturated rings. The van der Waals surface area contributed by atoms with Crippen LogP contribution in [0.2, 0.25) is 10.2 Å². The van der Waals surface area contributed by atoms with E-state index in [2.05, 4.69) is 33.9 Å². The van der Waals surface area contributed by atoms with Crippen LogP contribution in [0.1, 0.15) is 38.7 Å². The van der Waals surface area contributed by atoms with Crippen LogP contribution in [0, 0.1) is 0 Å². The average molecular weight is 452 g/mol. The van der Waals surface area contributed by atoms with Crippen molar-refractivity contribution in [1.82, 2.24) is 9.97 Å². The number of fused-ring (bicyclic) bond motifs is 2. The molecule has 0 radical (unpaired) electrons. The maximum Gasteiger partial charge on any atom is 0.163 e. The molecule has 1 saturated heterocycles. The van der Waals surface area contributed by atoms with E-state index in [-0.39, 0.29) is 29.4 Å². The van der Waals surface area contributed by atoms with E-state index in [0.29, 0.717) is 5.15 Å². The Balaban J connectivity index is 1.45. The molecule has 0 amide bonds. The lowest BCUT2D eigenvalue weighted by Gasteiger charge is -2.31. The molecule has 0 N–H and O–H groups in total. The third-order valence-electron chi connectivity index (χ3n) is 5.93. The van der Waals surface area contributed by atoms with Crippen LogP contribution >= 0.6 is 35.0 Å². The molecule has 154 valence electrons. The zero-order valence-corrected chi connectivity index (χ0v) is 18.8. The molecule has 1 saturated carbocycles. The lowest BCUT2D eigenvalue weighted by Crippen LogP contribution is -2.43. The quantitative estimate of drug-likeness (QED) is 0.600. The average Bonchev–Trinajstić information content (AvgIpc) is 3.27. The van der Waals surface area contributed by atoms with Gasteiger partial charge in [-0.2, -0.15) is 0 Å². The van der Waals surface area contributed by atoms with Crippen molar-refractivity contribution in [3.63, 3.8) is 0 Å². The number of benzene rings is 1. The molecule has 0 bridgehead atoms. The Labute approximate surface area is 185 Å². The minimum absolute atomic E-state index is 0.0123. The summed E-state index contributed by atoms with van der Waals surface area (Å²) in [5.41, 5.74) is 1.04. The first kappa shape index (κ1) is 19.9. The van der Waals surface area contributed by atoms with E-state index in [0.717, 1.165) is 29.4 Å². The summed E-state index contributed by atoms with van der Waals surface area (Å²) in [5, 5.41) is 1.58. The molecule has 2 aromatic rings. The first-order valence-corrected chi connectivity index (χ1v) is 11.5. The lowest BCUT2D eigenvalue weighted by atomic mass is 10.1. The molecule has 1 aromatic carbocycles. The molecule has 2 aliphatic heterocycles. The fourth-order valence-electron chi connectivity index (χ4n) is 4.80. The van der Waals surface area contributed by atoms with Crippen molar-refractivity contribution in [3.05, 3.63) is 46.3 Å². The molecule has 0 spiro atoms. The Kier molecular flexibility index (Phi) is 4.99. The molecule has 1 aliphatic carbocycles. The maximum atomic E-state index is 6.39. The fraction of sp³-hybridized carbons (Fsp3) is 0.524. The third kappa shape index (κ3) is 3.53. The highest BCUT2D eigenvalue weighted by molar-refractivity contribution is 8.00. The van der Waals surface area contributed by atoms with Gasteiger partial charge in [0.2, 0.25) is 0 Å². The van der Waals surface area contributed by atoms with Gasteiger partial charge in [0, 0.05) is 33.2 Å². The largest absolute Gasteiger partial charge is 0.350 e. The summed E-state index contributed by atoms with van der Waals surface area (Å²) in [5.74, 6) is 0.631. The number of aromatic nitrogens is 2. The number of nitrogens with zero attached hydrogens (tertiary/aromatic N) is 3. The number of ether oxygens (including phenoxy) is 2. The normalized spacial score (nSPS) is 32.4. The summed E-state index contributed by atoms with van der Waals surface area (Å²) in [6.45, 7) is 7.03. The lowest BCUT2D eigenvalue weighted by molar-refractivity contribution is -0.152. The number of rotatable bonds is 3. The van der Waals surface area contributed by atoms with Crippen molar-refractivity contribution in [2.75, 3.05) is 11.4 Å².